The van der Waals surface area contributed by atoms with Gasteiger partial charge < -0.3 is 9.84 Å². The van der Waals surface area contributed by atoms with E-state index in [4.69, 9.17) is 16.3 Å². The lowest BCUT2D eigenvalue weighted by atomic mass is 10.2. The molecule has 8 heteroatoms. The summed E-state index contributed by atoms with van der Waals surface area (Å²) in [7, 11) is 0. The van der Waals surface area contributed by atoms with E-state index in [0.29, 0.717) is 20.8 Å². The van der Waals surface area contributed by atoms with E-state index < -0.39 is 5.91 Å². The van der Waals surface area contributed by atoms with E-state index in [2.05, 4.69) is 42.4 Å². The smallest absolute Gasteiger partial charge is 0.277 e. The predicted molar refractivity (Wildman–Crippen MR) is 96.2 cm³/mol. The van der Waals surface area contributed by atoms with Gasteiger partial charge in [0.15, 0.2) is 6.61 Å². The van der Waals surface area contributed by atoms with Crippen molar-refractivity contribution < 1.29 is 14.6 Å². The van der Waals surface area contributed by atoms with Crippen LogP contribution in [0.2, 0.25) is 5.02 Å². The Balaban J connectivity index is 1.88. The number of amides is 1. The molecule has 0 saturated carbocycles. The fraction of sp³-hybridized carbons (Fsp3) is 0.0667. The summed E-state index contributed by atoms with van der Waals surface area (Å²) in [5, 5.41) is 14.2. The average molecular weight is 463 g/mol. The van der Waals surface area contributed by atoms with Gasteiger partial charge in [0.25, 0.3) is 5.91 Å². The summed E-state index contributed by atoms with van der Waals surface area (Å²) in [6, 6.07) is 10.0. The maximum atomic E-state index is 11.6. The monoisotopic (exact) mass is 460 g/mol. The third kappa shape index (κ3) is 5.53. The van der Waals surface area contributed by atoms with Crippen molar-refractivity contribution in [2.75, 3.05) is 6.61 Å². The number of rotatable bonds is 5. The Bertz CT molecular complexity index is 736. The van der Waals surface area contributed by atoms with Crippen LogP contribution in [0, 0.1) is 0 Å². The van der Waals surface area contributed by atoms with Crippen LogP contribution >= 0.6 is 43.5 Å². The molecule has 0 atom stereocenters. The van der Waals surface area contributed by atoms with Gasteiger partial charge >= 0.3 is 0 Å². The molecule has 0 aliphatic rings. The Labute approximate surface area is 154 Å². The normalized spacial score (nSPS) is 10.7. The quantitative estimate of drug-likeness (QED) is 0.519. The number of phenols is 1. The lowest BCUT2D eigenvalue weighted by molar-refractivity contribution is -0.123. The Morgan fingerprint density at radius 2 is 2.00 bits per heavy atom. The Morgan fingerprint density at radius 3 is 2.70 bits per heavy atom. The van der Waals surface area contributed by atoms with E-state index in [0.717, 1.165) is 4.47 Å². The van der Waals surface area contributed by atoms with E-state index in [1.807, 2.05) is 0 Å². The first kappa shape index (κ1) is 17.8. The van der Waals surface area contributed by atoms with E-state index in [1.165, 1.54) is 6.21 Å². The van der Waals surface area contributed by atoms with Crippen molar-refractivity contribution in [2.24, 2.45) is 5.10 Å². The molecule has 0 aromatic heterocycles. The first-order valence-corrected chi connectivity index (χ1v) is 8.30. The first-order valence-electron chi connectivity index (χ1n) is 6.34. The number of nitrogens with zero attached hydrogens (tertiary/aromatic N) is 1. The molecule has 0 bridgehead atoms. The minimum atomic E-state index is -0.426. The van der Waals surface area contributed by atoms with E-state index in [1.54, 1.807) is 36.4 Å². The van der Waals surface area contributed by atoms with Gasteiger partial charge in [-0.2, -0.15) is 5.10 Å². The predicted octanol–water partition coefficient (Wildman–Crippen LogP) is 4.10. The number of hydrogen-bond donors (Lipinski definition) is 2. The Hall–Kier alpha value is -1.57. The van der Waals surface area contributed by atoms with Gasteiger partial charge in [0.1, 0.15) is 11.5 Å². The number of carbonyl (C=O) groups is 1. The van der Waals surface area contributed by atoms with Crippen LogP contribution in [-0.2, 0) is 4.79 Å². The number of phenolic OH excluding ortho intramolecular Hbond substituents is 1. The number of carbonyl (C=O) groups excluding carboxylic acids is 1. The van der Waals surface area contributed by atoms with Crippen molar-refractivity contribution in [1.29, 1.82) is 0 Å². The summed E-state index contributed by atoms with van der Waals surface area (Å²) in [6.45, 7) is -0.187. The molecule has 2 N–H and O–H groups in total. The summed E-state index contributed by atoms with van der Waals surface area (Å²) in [6.07, 6.45) is 1.34. The molecule has 0 fully saturated rings. The maximum Gasteiger partial charge on any atom is 0.277 e. The lowest BCUT2D eigenvalue weighted by Crippen LogP contribution is -2.24. The zero-order valence-electron chi connectivity index (χ0n) is 11.6. The van der Waals surface area contributed by atoms with Crippen LogP contribution in [-0.4, -0.2) is 23.8 Å². The molecule has 0 aliphatic carbocycles. The number of benzene rings is 2. The Kier molecular flexibility index (Phi) is 6.44. The number of ether oxygens (including phenoxy) is 1. The average Bonchev–Trinajstić information content (AvgIpc) is 2.51. The molecule has 23 heavy (non-hydrogen) atoms. The van der Waals surface area contributed by atoms with Gasteiger partial charge in [-0.25, -0.2) is 5.43 Å². The Morgan fingerprint density at radius 1 is 1.30 bits per heavy atom. The second-order valence-electron chi connectivity index (χ2n) is 4.36. The number of nitrogens with one attached hydrogen (secondary N) is 1. The molecule has 2 aromatic carbocycles. The molecule has 0 radical (unpaired) electrons. The summed E-state index contributed by atoms with van der Waals surface area (Å²) in [4.78, 5) is 11.6. The molecular weight excluding hydrogens is 451 g/mol. The number of hydrazone groups is 1. The van der Waals surface area contributed by atoms with Gasteiger partial charge in [0.05, 0.1) is 10.7 Å². The number of halogens is 3. The SMILES string of the molecule is O=C(COc1ccc(Cl)cc1)N/N=C/c1cc(Br)cc(Br)c1O. The van der Waals surface area contributed by atoms with Crippen molar-refractivity contribution in [2.45, 2.75) is 0 Å². The van der Waals surface area contributed by atoms with E-state index in [-0.39, 0.29) is 12.4 Å². The standard InChI is InChI=1S/C15H11Br2ClN2O3/c16-10-5-9(15(22)13(17)6-10)7-19-20-14(21)8-23-12-3-1-11(18)2-4-12/h1-7,22H,8H2,(H,20,21)/b19-7+. The van der Waals surface area contributed by atoms with Crippen LogP contribution in [0.15, 0.2) is 50.4 Å². The van der Waals surface area contributed by atoms with Gasteiger partial charge in [-0.1, -0.05) is 27.5 Å². The second-order valence-corrected chi connectivity index (χ2v) is 6.57. The summed E-state index contributed by atoms with van der Waals surface area (Å²) >= 11 is 12.3. The molecule has 0 spiro atoms. The van der Waals surface area contributed by atoms with E-state index in [9.17, 15) is 9.90 Å². The molecule has 0 heterocycles. The molecule has 2 aromatic rings. The van der Waals surface area contributed by atoms with Crippen molar-refractivity contribution in [3.8, 4) is 11.5 Å². The summed E-state index contributed by atoms with van der Waals surface area (Å²) < 4.78 is 6.56. The van der Waals surface area contributed by atoms with Gasteiger partial charge in [-0.05, 0) is 52.3 Å². The highest BCUT2D eigenvalue weighted by atomic mass is 79.9. The van der Waals surface area contributed by atoms with Gasteiger partial charge in [0.2, 0.25) is 0 Å². The molecular formula is C15H11Br2ClN2O3. The van der Waals surface area contributed by atoms with Gasteiger partial charge in [-0.3, -0.25) is 4.79 Å². The zero-order chi connectivity index (χ0) is 16.8. The molecule has 0 saturated heterocycles. The largest absolute Gasteiger partial charge is 0.506 e. The number of hydrogen-bond acceptors (Lipinski definition) is 4. The van der Waals surface area contributed by atoms with Crippen LogP contribution in [0.25, 0.3) is 0 Å². The highest BCUT2D eigenvalue weighted by Gasteiger charge is 2.06. The maximum absolute atomic E-state index is 11.6. The summed E-state index contributed by atoms with van der Waals surface area (Å²) in [5.41, 5.74) is 2.77. The number of aromatic hydroxyl groups is 1. The highest BCUT2D eigenvalue weighted by Crippen LogP contribution is 2.30. The lowest BCUT2D eigenvalue weighted by Gasteiger charge is -2.05. The molecule has 0 unspecified atom stereocenters. The van der Waals surface area contributed by atoms with Crippen molar-refractivity contribution in [3.05, 3.63) is 55.9 Å². The van der Waals surface area contributed by atoms with Crippen molar-refractivity contribution in [3.63, 3.8) is 0 Å². The molecule has 5 nitrogen and oxygen atoms in total. The first-order chi connectivity index (χ1) is 11.0. The van der Waals surface area contributed by atoms with Gasteiger partial charge in [-0.15, -0.1) is 0 Å². The third-order valence-electron chi connectivity index (χ3n) is 2.63. The zero-order valence-corrected chi connectivity index (χ0v) is 15.5. The fourth-order valence-corrected chi connectivity index (χ4v) is 2.95. The van der Waals surface area contributed by atoms with Gasteiger partial charge in [0, 0.05) is 15.1 Å². The topological polar surface area (TPSA) is 70.9 Å². The van der Waals surface area contributed by atoms with Crippen molar-refractivity contribution in [1.82, 2.24) is 5.43 Å². The second kappa shape index (κ2) is 8.33. The minimum Gasteiger partial charge on any atom is -0.506 e. The van der Waals surface area contributed by atoms with Crippen LogP contribution in [0.3, 0.4) is 0 Å². The third-order valence-corrected chi connectivity index (χ3v) is 3.95. The van der Waals surface area contributed by atoms with Crippen LogP contribution in [0.4, 0.5) is 0 Å². The minimum absolute atomic E-state index is 0.0311. The van der Waals surface area contributed by atoms with Crippen LogP contribution in [0.1, 0.15) is 5.56 Å². The summed E-state index contributed by atoms with van der Waals surface area (Å²) in [5.74, 6) is 0.135. The fourth-order valence-electron chi connectivity index (χ4n) is 1.57. The molecule has 120 valence electrons. The van der Waals surface area contributed by atoms with Crippen molar-refractivity contribution >= 4 is 55.6 Å². The molecule has 0 aliphatic heterocycles. The molecule has 2 rings (SSSR count). The highest BCUT2D eigenvalue weighted by molar-refractivity contribution is 9.11. The van der Waals surface area contributed by atoms with Crippen LogP contribution in [0.5, 0.6) is 11.5 Å². The van der Waals surface area contributed by atoms with Crippen LogP contribution < -0.4 is 10.2 Å². The van der Waals surface area contributed by atoms with E-state index >= 15 is 0 Å². The molecule has 1 amide bonds.